The number of rotatable bonds is 4. The molecule has 0 N–H and O–H groups in total. The predicted octanol–water partition coefficient (Wildman–Crippen LogP) is 3.82. The molecule has 0 amide bonds. The van der Waals surface area contributed by atoms with Crippen LogP contribution < -0.4 is 0 Å². The Morgan fingerprint density at radius 2 is 2.11 bits per heavy atom. The molecule has 0 spiro atoms. The van der Waals surface area contributed by atoms with Crippen LogP contribution in [-0.4, -0.2) is 44.2 Å². The predicted molar refractivity (Wildman–Crippen MR) is 106 cm³/mol. The molecule has 0 aromatic heterocycles. The van der Waals surface area contributed by atoms with Gasteiger partial charge in [-0.15, -0.1) is 0 Å². The summed E-state index contributed by atoms with van der Waals surface area (Å²) in [5, 5.41) is 0. The highest BCUT2D eigenvalue weighted by molar-refractivity contribution is 5.88. The van der Waals surface area contributed by atoms with Gasteiger partial charge in [-0.2, -0.15) is 0 Å². The van der Waals surface area contributed by atoms with Crippen LogP contribution in [0.1, 0.15) is 37.3 Å². The summed E-state index contributed by atoms with van der Waals surface area (Å²) in [7, 11) is 3.06. The van der Waals surface area contributed by atoms with Crippen LogP contribution in [0.3, 0.4) is 0 Å². The van der Waals surface area contributed by atoms with Crippen LogP contribution in [0.15, 0.2) is 41.7 Å². The number of nitrogens with zero attached hydrogens (tertiary/aromatic N) is 1. The Morgan fingerprint density at radius 1 is 1.30 bits per heavy atom. The number of hydrogen-bond donors (Lipinski definition) is 0. The normalized spacial score (nSPS) is 27.7. The van der Waals surface area contributed by atoms with E-state index in [-0.39, 0.29) is 11.9 Å². The van der Waals surface area contributed by atoms with Gasteiger partial charge in [0.1, 0.15) is 0 Å². The third kappa shape index (κ3) is 3.10. The fourth-order valence-electron chi connectivity index (χ4n) is 5.40. The summed E-state index contributed by atoms with van der Waals surface area (Å²) in [6.07, 6.45) is 5.82. The van der Waals surface area contributed by atoms with Crippen molar-refractivity contribution in [1.82, 2.24) is 4.90 Å². The number of carbonyl (C=O) groups is 1. The smallest absolute Gasteiger partial charge is 0.337 e. The van der Waals surface area contributed by atoms with Crippen molar-refractivity contribution in [2.75, 3.05) is 27.3 Å². The Morgan fingerprint density at radius 3 is 2.85 bits per heavy atom. The average molecular weight is 367 g/mol. The van der Waals surface area contributed by atoms with Crippen molar-refractivity contribution in [3.63, 3.8) is 0 Å². The maximum absolute atomic E-state index is 12.4. The summed E-state index contributed by atoms with van der Waals surface area (Å²) in [6, 6.07) is 9.24. The van der Waals surface area contributed by atoms with Crippen LogP contribution in [-0.2, 0) is 20.7 Å². The third-order valence-corrected chi connectivity index (χ3v) is 6.71. The van der Waals surface area contributed by atoms with Crippen molar-refractivity contribution in [3.8, 4) is 0 Å². The van der Waals surface area contributed by atoms with Crippen LogP contribution in [0.25, 0.3) is 5.57 Å². The first kappa shape index (κ1) is 18.3. The van der Waals surface area contributed by atoms with Crippen LogP contribution in [0.2, 0.25) is 0 Å². The molecule has 1 fully saturated rings. The molecular formula is C23H29NO3. The Bertz CT molecular complexity index is 795. The van der Waals surface area contributed by atoms with Gasteiger partial charge in [-0.05, 0) is 53.4 Å². The van der Waals surface area contributed by atoms with Crippen molar-refractivity contribution in [2.24, 2.45) is 11.8 Å². The number of benzene rings is 1. The van der Waals surface area contributed by atoms with Crippen molar-refractivity contribution in [3.05, 3.63) is 52.8 Å². The second kappa shape index (κ2) is 7.51. The van der Waals surface area contributed by atoms with Gasteiger partial charge < -0.3 is 9.47 Å². The van der Waals surface area contributed by atoms with Gasteiger partial charge in [0.05, 0.1) is 26.1 Å². The minimum absolute atomic E-state index is 0.180. The van der Waals surface area contributed by atoms with E-state index in [4.69, 9.17) is 9.47 Å². The molecule has 1 aliphatic carbocycles. The van der Waals surface area contributed by atoms with Gasteiger partial charge in [0.15, 0.2) is 0 Å². The fourth-order valence-corrected chi connectivity index (χ4v) is 5.40. The maximum atomic E-state index is 12.4. The van der Waals surface area contributed by atoms with Crippen molar-refractivity contribution in [2.45, 2.75) is 38.6 Å². The lowest BCUT2D eigenvalue weighted by molar-refractivity contribution is -0.137. The van der Waals surface area contributed by atoms with Crippen molar-refractivity contribution < 1.29 is 14.3 Å². The molecule has 4 nitrogen and oxygen atoms in total. The van der Waals surface area contributed by atoms with Crippen LogP contribution in [0.5, 0.6) is 0 Å². The molecule has 0 saturated carbocycles. The molecule has 3 atom stereocenters. The number of hydrogen-bond acceptors (Lipinski definition) is 4. The first-order valence-electron chi connectivity index (χ1n) is 10.0. The molecule has 1 saturated heterocycles. The van der Waals surface area contributed by atoms with Crippen molar-refractivity contribution >= 4 is 11.5 Å². The first-order valence-corrected chi connectivity index (χ1v) is 10.0. The standard InChI is InChI=1S/C23H29NO3/c1-4-15-13-24-10-9-18-17-8-6-5-7-16(17)11-20(18)22(24)12-19(15)21(14-26-2)23(25)27-3/h5-8,14-15,19,22H,4,9-13H2,1-3H3/b21-14+/t15-,19+,22+/m1/s1. The van der Waals surface area contributed by atoms with Crippen LogP contribution in [0, 0.1) is 11.8 Å². The van der Waals surface area contributed by atoms with E-state index in [1.165, 1.54) is 18.2 Å². The SMILES string of the molecule is CC[C@@H]1CN2CCC3=C(Cc4ccccc43)[C@@H]2C[C@@H]1/C(=C\OC)C(=O)OC. The Kier molecular flexibility index (Phi) is 5.09. The molecule has 0 bridgehead atoms. The lowest BCUT2D eigenvalue weighted by Crippen LogP contribution is -2.51. The van der Waals surface area contributed by atoms with Gasteiger partial charge in [0.25, 0.3) is 0 Å². The molecular weight excluding hydrogens is 338 g/mol. The van der Waals surface area contributed by atoms with Crippen molar-refractivity contribution in [1.29, 1.82) is 0 Å². The summed E-state index contributed by atoms with van der Waals surface area (Å²) >= 11 is 0. The quantitative estimate of drug-likeness (QED) is 0.461. The number of fused-ring (bicyclic) bond motifs is 4. The molecule has 0 unspecified atom stereocenters. The molecule has 0 radical (unpaired) electrons. The Balaban J connectivity index is 1.67. The molecule has 1 aromatic rings. The molecule has 4 heteroatoms. The molecule has 144 valence electrons. The van der Waals surface area contributed by atoms with Crippen LogP contribution in [0.4, 0.5) is 0 Å². The minimum atomic E-state index is -0.256. The summed E-state index contributed by atoms with van der Waals surface area (Å²) in [5.74, 6) is 0.375. The zero-order chi connectivity index (χ0) is 19.0. The summed E-state index contributed by atoms with van der Waals surface area (Å²) < 4.78 is 10.3. The summed E-state index contributed by atoms with van der Waals surface area (Å²) in [6.45, 7) is 4.37. The Labute approximate surface area is 161 Å². The number of carbonyl (C=O) groups excluding carboxylic acids is 1. The van der Waals surface area contributed by atoms with E-state index in [9.17, 15) is 4.79 Å². The second-order valence-electron chi connectivity index (χ2n) is 7.91. The molecule has 1 aromatic carbocycles. The second-order valence-corrected chi connectivity index (χ2v) is 7.91. The van der Waals surface area contributed by atoms with Gasteiger partial charge in [0, 0.05) is 19.1 Å². The zero-order valence-electron chi connectivity index (χ0n) is 16.5. The van der Waals surface area contributed by atoms with Gasteiger partial charge in [-0.1, -0.05) is 37.6 Å². The minimum Gasteiger partial charge on any atom is -0.504 e. The fraction of sp³-hybridized carbons (Fsp3) is 0.522. The lowest BCUT2D eigenvalue weighted by atomic mass is 9.73. The van der Waals surface area contributed by atoms with Gasteiger partial charge in [0.2, 0.25) is 0 Å². The highest BCUT2D eigenvalue weighted by atomic mass is 16.5. The number of piperidine rings is 1. The average Bonchev–Trinajstić information content (AvgIpc) is 3.09. The van der Waals surface area contributed by atoms with Gasteiger partial charge in [-0.25, -0.2) is 4.79 Å². The number of esters is 1. The monoisotopic (exact) mass is 367 g/mol. The van der Waals surface area contributed by atoms with E-state index in [2.05, 4.69) is 36.1 Å². The molecule has 3 aliphatic rings. The maximum Gasteiger partial charge on any atom is 0.337 e. The third-order valence-electron chi connectivity index (χ3n) is 6.71. The van der Waals surface area contributed by atoms with E-state index in [1.54, 1.807) is 24.5 Å². The van der Waals surface area contributed by atoms with E-state index < -0.39 is 0 Å². The van der Waals surface area contributed by atoms with E-state index >= 15 is 0 Å². The van der Waals surface area contributed by atoms with E-state index in [0.717, 1.165) is 38.8 Å². The highest BCUT2D eigenvalue weighted by Crippen LogP contribution is 2.46. The van der Waals surface area contributed by atoms with Gasteiger partial charge in [-0.3, -0.25) is 4.90 Å². The molecule has 4 rings (SSSR count). The van der Waals surface area contributed by atoms with E-state index in [0.29, 0.717) is 17.5 Å². The zero-order valence-corrected chi connectivity index (χ0v) is 16.5. The number of ether oxygens (including phenoxy) is 2. The Hall–Kier alpha value is -2.07. The summed E-state index contributed by atoms with van der Waals surface area (Å²) in [5.41, 5.74) is 6.72. The topological polar surface area (TPSA) is 38.8 Å². The largest absolute Gasteiger partial charge is 0.504 e. The first-order chi connectivity index (χ1) is 13.2. The molecule has 2 aliphatic heterocycles. The highest BCUT2D eigenvalue weighted by Gasteiger charge is 2.43. The number of methoxy groups -OCH3 is 2. The van der Waals surface area contributed by atoms with Gasteiger partial charge >= 0.3 is 5.97 Å². The van der Waals surface area contributed by atoms with E-state index in [1.807, 2.05) is 0 Å². The summed E-state index contributed by atoms with van der Waals surface area (Å²) in [4.78, 5) is 15.1. The molecule has 2 heterocycles. The van der Waals surface area contributed by atoms with Crippen LogP contribution >= 0.6 is 0 Å². The molecule has 27 heavy (non-hydrogen) atoms. The lowest BCUT2D eigenvalue weighted by Gasteiger charge is -2.47.